The van der Waals surface area contributed by atoms with Gasteiger partial charge in [-0.15, -0.1) is 0 Å². The van der Waals surface area contributed by atoms with Gasteiger partial charge in [-0.25, -0.2) is 0 Å². The molecule has 1 saturated heterocycles. The molecule has 1 N–H and O–H groups in total. The number of piperidine rings is 1. The van der Waals surface area contributed by atoms with Gasteiger partial charge in [0.25, 0.3) is 5.91 Å². The van der Waals surface area contributed by atoms with Crippen LogP contribution in [0.4, 0.5) is 5.69 Å². The highest BCUT2D eigenvalue weighted by atomic mass is 35.5. The van der Waals surface area contributed by atoms with Crippen LogP contribution in [-0.2, 0) is 11.3 Å². The van der Waals surface area contributed by atoms with E-state index in [0.29, 0.717) is 29.6 Å². The van der Waals surface area contributed by atoms with Crippen LogP contribution in [0.3, 0.4) is 0 Å². The third-order valence-electron chi connectivity index (χ3n) is 5.55. The fraction of sp³-hybridized carbons (Fsp3) is 0.364. The Morgan fingerprint density at radius 2 is 1.75 bits per heavy atom. The molecule has 0 saturated carbocycles. The van der Waals surface area contributed by atoms with E-state index in [1.165, 1.54) is 0 Å². The molecular weight excluding hydrogens is 374 g/mol. The predicted molar refractivity (Wildman–Crippen MR) is 111 cm³/mol. The van der Waals surface area contributed by atoms with Crippen LogP contribution < -0.4 is 10.2 Å². The van der Waals surface area contributed by atoms with E-state index >= 15 is 0 Å². The Bertz CT molecular complexity index is 862. The summed E-state index contributed by atoms with van der Waals surface area (Å²) in [5.41, 5.74) is 2.48. The first-order chi connectivity index (χ1) is 13.6. The lowest BCUT2D eigenvalue weighted by Crippen LogP contribution is -2.43. The van der Waals surface area contributed by atoms with E-state index in [4.69, 9.17) is 11.6 Å². The van der Waals surface area contributed by atoms with Crippen LogP contribution in [0.2, 0.25) is 5.02 Å². The van der Waals surface area contributed by atoms with Gasteiger partial charge in [0.2, 0.25) is 5.91 Å². The van der Waals surface area contributed by atoms with E-state index in [1.54, 1.807) is 29.2 Å². The molecule has 0 aromatic heterocycles. The summed E-state index contributed by atoms with van der Waals surface area (Å²) < 4.78 is 0. The molecule has 2 aliphatic heterocycles. The van der Waals surface area contributed by atoms with Gasteiger partial charge in [-0.2, -0.15) is 0 Å². The average molecular weight is 398 g/mol. The number of amides is 2. The van der Waals surface area contributed by atoms with Crippen LogP contribution in [0, 0.1) is 5.92 Å². The molecule has 0 atom stereocenters. The van der Waals surface area contributed by atoms with Crippen molar-refractivity contribution < 1.29 is 9.59 Å². The third kappa shape index (κ3) is 4.05. The molecule has 2 aromatic carbocycles. The number of carbonyl (C=O) groups is 2. The van der Waals surface area contributed by atoms with Crippen molar-refractivity contribution in [1.29, 1.82) is 0 Å². The first-order valence-electron chi connectivity index (χ1n) is 9.75. The summed E-state index contributed by atoms with van der Waals surface area (Å²) in [7, 11) is 0. The standard InChI is InChI=1S/C22H24ClN3O2/c23-19-7-5-17(6-8-19)22(28)25-14-18-3-1-2-4-20(18)26(21(27)15-25)13-16-9-11-24-12-10-16/h1-8,16,24H,9-15H2. The Morgan fingerprint density at radius 3 is 2.50 bits per heavy atom. The van der Waals surface area contributed by atoms with E-state index in [2.05, 4.69) is 5.32 Å². The summed E-state index contributed by atoms with van der Waals surface area (Å²) >= 11 is 5.94. The fourth-order valence-corrected chi connectivity index (χ4v) is 4.12. The van der Waals surface area contributed by atoms with Crippen molar-refractivity contribution in [3.63, 3.8) is 0 Å². The number of rotatable bonds is 3. The number of para-hydroxylation sites is 1. The number of hydrogen-bond donors (Lipinski definition) is 1. The summed E-state index contributed by atoms with van der Waals surface area (Å²) in [6.45, 7) is 3.21. The highest BCUT2D eigenvalue weighted by molar-refractivity contribution is 6.30. The Hall–Kier alpha value is -2.37. The molecular formula is C22H24ClN3O2. The van der Waals surface area contributed by atoms with Gasteiger partial charge in [-0.05, 0) is 67.7 Å². The van der Waals surface area contributed by atoms with Gasteiger partial charge >= 0.3 is 0 Å². The molecule has 5 nitrogen and oxygen atoms in total. The van der Waals surface area contributed by atoms with Gasteiger partial charge in [0, 0.05) is 29.4 Å². The highest BCUT2D eigenvalue weighted by Gasteiger charge is 2.30. The molecule has 146 valence electrons. The number of nitrogens with zero attached hydrogens (tertiary/aromatic N) is 2. The number of fused-ring (bicyclic) bond motifs is 1. The first kappa shape index (κ1) is 19.0. The minimum absolute atomic E-state index is 0.0224. The Balaban J connectivity index is 1.60. The normalized spacial score (nSPS) is 18.0. The third-order valence-corrected chi connectivity index (χ3v) is 5.80. The van der Waals surface area contributed by atoms with Crippen molar-refractivity contribution in [2.24, 2.45) is 5.92 Å². The molecule has 2 aliphatic rings. The Morgan fingerprint density at radius 1 is 1.04 bits per heavy atom. The number of benzene rings is 2. The van der Waals surface area contributed by atoms with Crippen molar-refractivity contribution in [2.45, 2.75) is 19.4 Å². The molecule has 0 bridgehead atoms. The van der Waals surface area contributed by atoms with Crippen molar-refractivity contribution in [2.75, 3.05) is 31.1 Å². The molecule has 0 aliphatic carbocycles. The lowest BCUT2D eigenvalue weighted by atomic mass is 9.97. The lowest BCUT2D eigenvalue weighted by Gasteiger charge is -2.30. The van der Waals surface area contributed by atoms with Crippen LogP contribution in [0.15, 0.2) is 48.5 Å². The van der Waals surface area contributed by atoms with Crippen LogP contribution in [0.5, 0.6) is 0 Å². The maximum Gasteiger partial charge on any atom is 0.254 e. The van der Waals surface area contributed by atoms with E-state index in [1.807, 2.05) is 29.2 Å². The minimum atomic E-state index is -0.150. The lowest BCUT2D eigenvalue weighted by molar-refractivity contribution is -0.119. The Labute approximate surface area is 170 Å². The fourth-order valence-electron chi connectivity index (χ4n) is 3.99. The average Bonchev–Trinajstić information content (AvgIpc) is 2.86. The van der Waals surface area contributed by atoms with E-state index in [9.17, 15) is 9.59 Å². The summed E-state index contributed by atoms with van der Waals surface area (Å²) in [6.07, 6.45) is 2.14. The second-order valence-electron chi connectivity index (χ2n) is 7.49. The molecule has 28 heavy (non-hydrogen) atoms. The van der Waals surface area contributed by atoms with Crippen molar-refractivity contribution >= 4 is 29.1 Å². The molecule has 1 fully saturated rings. The molecule has 0 unspecified atom stereocenters. The van der Waals surface area contributed by atoms with Gasteiger partial charge < -0.3 is 15.1 Å². The number of anilines is 1. The van der Waals surface area contributed by atoms with Crippen LogP contribution >= 0.6 is 11.6 Å². The second kappa shape index (κ2) is 8.33. The quantitative estimate of drug-likeness (QED) is 0.864. The predicted octanol–water partition coefficient (Wildman–Crippen LogP) is 3.33. The van der Waals surface area contributed by atoms with E-state index < -0.39 is 0 Å². The van der Waals surface area contributed by atoms with Gasteiger partial charge in [-0.3, -0.25) is 9.59 Å². The minimum Gasteiger partial charge on any atom is -0.325 e. The molecule has 4 rings (SSSR count). The summed E-state index contributed by atoms with van der Waals surface area (Å²) in [5, 5.41) is 3.96. The molecule has 2 amide bonds. The SMILES string of the molecule is O=C(c1ccc(Cl)cc1)N1CC(=O)N(CC2CCNCC2)c2ccccc2C1. The number of carbonyl (C=O) groups excluding carboxylic acids is 2. The van der Waals surface area contributed by atoms with Gasteiger partial charge in [0.15, 0.2) is 0 Å². The topological polar surface area (TPSA) is 52.7 Å². The molecule has 0 radical (unpaired) electrons. The summed E-state index contributed by atoms with van der Waals surface area (Å²) in [4.78, 5) is 29.7. The summed E-state index contributed by atoms with van der Waals surface area (Å²) in [5.74, 6) is 0.311. The number of nitrogens with one attached hydrogen (secondary N) is 1. The van der Waals surface area contributed by atoms with Crippen molar-refractivity contribution in [3.05, 3.63) is 64.7 Å². The van der Waals surface area contributed by atoms with Crippen LogP contribution in [0.1, 0.15) is 28.8 Å². The number of hydrogen-bond acceptors (Lipinski definition) is 3. The second-order valence-corrected chi connectivity index (χ2v) is 7.93. The maximum absolute atomic E-state index is 13.1. The molecule has 2 aromatic rings. The smallest absolute Gasteiger partial charge is 0.254 e. The van der Waals surface area contributed by atoms with Crippen LogP contribution in [-0.4, -0.2) is 42.9 Å². The zero-order valence-electron chi connectivity index (χ0n) is 15.7. The summed E-state index contributed by atoms with van der Waals surface area (Å²) in [6, 6.07) is 14.7. The van der Waals surface area contributed by atoms with Gasteiger partial charge in [0.1, 0.15) is 6.54 Å². The highest BCUT2D eigenvalue weighted by Crippen LogP contribution is 2.28. The monoisotopic (exact) mass is 397 g/mol. The maximum atomic E-state index is 13.1. The van der Waals surface area contributed by atoms with Crippen molar-refractivity contribution in [1.82, 2.24) is 10.2 Å². The van der Waals surface area contributed by atoms with Gasteiger partial charge in [0.05, 0.1) is 0 Å². The molecule has 6 heteroatoms. The van der Waals surface area contributed by atoms with E-state index in [0.717, 1.165) is 37.2 Å². The first-order valence-corrected chi connectivity index (χ1v) is 10.1. The Kier molecular flexibility index (Phi) is 5.64. The van der Waals surface area contributed by atoms with Crippen LogP contribution in [0.25, 0.3) is 0 Å². The van der Waals surface area contributed by atoms with Crippen molar-refractivity contribution in [3.8, 4) is 0 Å². The molecule has 0 spiro atoms. The zero-order chi connectivity index (χ0) is 19.5. The zero-order valence-corrected chi connectivity index (χ0v) is 16.5. The largest absolute Gasteiger partial charge is 0.325 e. The number of halogens is 1. The van der Waals surface area contributed by atoms with Gasteiger partial charge in [-0.1, -0.05) is 29.8 Å². The van der Waals surface area contributed by atoms with E-state index in [-0.39, 0.29) is 18.4 Å². The molecule has 2 heterocycles.